The number of nitrogens with one attached hydrogen (secondary N) is 1. The second-order valence-electron chi connectivity index (χ2n) is 5.16. The molecule has 0 unspecified atom stereocenters. The number of halogens is 3. The van der Waals surface area contributed by atoms with Crippen LogP contribution in [0.1, 0.15) is 12.3 Å². The van der Waals surface area contributed by atoms with E-state index in [4.69, 9.17) is 39.3 Å². The maximum absolute atomic E-state index is 12.1. The van der Waals surface area contributed by atoms with Crippen LogP contribution in [0.25, 0.3) is 11.4 Å². The third-order valence-electron chi connectivity index (χ3n) is 3.35. The molecule has 5 nitrogen and oxygen atoms in total. The zero-order valence-electron chi connectivity index (χ0n) is 12.8. The van der Waals surface area contributed by atoms with E-state index in [0.29, 0.717) is 44.5 Å². The van der Waals surface area contributed by atoms with Gasteiger partial charge in [0.1, 0.15) is 0 Å². The highest BCUT2D eigenvalue weighted by atomic mass is 35.5. The highest BCUT2D eigenvalue weighted by Gasteiger charge is 2.13. The van der Waals surface area contributed by atoms with Crippen LogP contribution in [0.2, 0.25) is 15.1 Å². The fourth-order valence-electron chi connectivity index (χ4n) is 2.13. The van der Waals surface area contributed by atoms with E-state index in [1.165, 1.54) is 0 Å². The van der Waals surface area contributed by atoms with Crippen molar-refractivity contribution >= 4 is 46.4 Å². The molecule has 0 atom stereocenters. The summed E-state index contributed by atoms with van der Waals surface area (Å²) >= 11 is 18.0. The van der Waals surface area contributed by atoms with Crippen LogP contribution in [-0.4, -0.2) is 16.0 Å². The summed E-state index contributed by atoms with van der Waals surface area (Å²) in [5, 5.41) is 8.03. The van der Waals surface area contributed by atoms with Gasteiger partial charge in [-0.2, -0.15) is 4.98 Å². The quantitative estimate of drug-likeness (QED) is 0.638. The van der Waals surface area contributed by atoms with Gasteiger partial charge in [-0.1, -0.05) is 52.1 Å². The number of carbonyl (C=O) groups is 1. The van der Waals surface area contributed by atoms with Gasteiger partial charge in [0.2, 0.25) is 17.6 Å². The Bertz CT molecular complexity index is 912. The van der Waals surface area contributed by atoms with Gasteiger partial charge < -0.3 is 9.84 Å². The molecule has 0 spiro atoms. The van der Waals surface area contributed by atoms with Gasteiger partial charge >= 0.3 is 0 Å². The fraction of sp³-hybridized carbons (Fsp3) is 0.118. The molecule has 0 fully saturated rings. The minimum Gasteiger partial charge on any atom is -0.339 e. The van der Waals surface area contributed by atoms with Crippen molar-refractivity contribution in [3.8, 4) is 11.4 Å². The largest absolute Gasteiger partial charge is 0.339 e. The molecule has 0 saturated carbocycles. The number of aryl methyl sites for hydroxylation is 1. The van der Waals surface area contributed by atoms with Gasteiger partial charge in [0, 0.05) is 23.4 Å². The Morgan fingerprint density at radius 3 is 2.68 bits per heavy atom. The number of benzene rings is 2. The summed E-state index contributed by atoms with van der Waals surface area (Å²) in [4.78, 5) is 16.3. The van der Waals surface area contributed by atoms with Gasteiger partial charge in [0.05, 0.1) is 15.7 Å². The van der Waals surface area contributed by atoms with E-state index in [-0.39, 0.29) is 12.3 Å². The van der Waals surface area contributed by atoms with Crippen LogP contribution >= 0.6 is 34.8 Å². The zero-order chi connectivity index (χ0) is 17.8. The summed E-state index contributed by atoms with van der Waals surface area (Å²) in [7, 11) is 0. The molecule has 0 aliphatic heterocycles. The van der Waals surface area contributed by atoms with Crippen molar-refractivity contribution in [2.75, 3.05) is 5.32 Å². The minimum atomic E-state index is -0.235. The van der Waals surface area contributed by atoms with Crippen molar-refractivity contribution in [3.63, 3.8) is 0 Å². The van der Waals surface area contributed by atoms with E-state index in [1.54, 1.807) is 30.3 Å². The molecular weight excluding hydrogens is 385 g/mol. The number of hydrogen-bond acceptors (Lipinski definition) is 4. The Morgan fingerprint density at radius 1 is 1.08 bits per heavy atom. The van der Waals surface area contributed by atoms with Gasteiger partial charge in [-0.25, -0.2) is 0 Å². The Morgan fingerprint density at radius 2 is 1.88 bits per heavy atom. The number of rotatable bonds is 5. The number of hydrogen-bond donors (Lipinski definition) is 1. The van der Waals surface area contributed by atoms with Gasteiger partial charge in [0.25, 0.3) is 0 Å². The fourth-order valence-corrected chi connectivity index (χ4v) is 2.69. The van der Waals surface area contributed by atoms with Crippen molar-refractivity contribution in [2.45, 2.75) is 12.8 Å². The molecule has 3 aromatic rings. The monoisotopic (exact) mass is 395 g/mol. The van der Waals surface area contributed by atoms with Crippen LogP contribution < -0.4 is 5.32 Å². The van der Waals surface area contributed by atoms with Crippen molar-refractivity contribution in [1.82, 2.24) is 10.1 Å². The van der Waals surface area contributed by atoms with Crippen LogP contribution in [0, 0.1) is 0 Å². The standard InChI is InChI=1S/C17H12Cl3N3O2/c18-10-5-6-13(20)14(9-10)21-15(24)7-8-16-22-17(23-25-16)11-3-1-2-4-12(11)19/h1-6,9H,7-8H2,(H,21,24). The van der Waals surface area contributed by atoms with E-state index in [9.17, 15) is 4.79 Å². The van der Waals surface area contributed by atoms with Gasteiger partial charge in [0.15, 0.2) is 0 Å². The van der Waals surface area contributed by atoms with Crippen molar-refractivity contribution < 1.29 is 9.32 Å². The maximum atomic E-state index is 12.1. The molecule has 25 heavy (non-hydrogen) atoms. The normalized spacial score (nSPS) is 10.7. The van der Waals surface area contributed by atoms with E-state index in [0.717, 1.165) is 0 Å². The lowest BCUT2D eigenvalue weighted by atomic mass is 10.2. The zero-order valence-corrected chi connectivity index (χ0v) is 15.1. The molecule has 1 heterocycles. The van der Waals surface area contributed by atoms with Crippen LogP contribution in [0.15, 0.2) is 47.0 Å². The average Bonchev–Trinajstić information content (AvgIpc) is 3.05. The first-order valence-electron chi connectivity index (χ1n) is 7.35. The second-order valence-corrected chi connectivity index (χ2v) is 6.41. The molecule has 8 heteroatoms. The summed E-state index contributed by atoms with van der Waals surface area (Å²) in [6.07, 6.45) is 0.453. The maximum Gasteiger partial charge on any atom is 0.227 e. The molecule has 1 aromatic heterocycles. The average molecular weight is 397 g/mol. The number of amides is 1. The van der Waals surface area contributed by atoms with E-state index >= 15 is 0 Å². The first kappa shape index (κ1) is 17.7. The third kappa shape index (κ3) is 4.51. The van der Waals surface area contributed by atoms with E-state index in [1.807, 2.05) is 12.1 Å². The van der Waals surface area contributed by atoms with Gasteiger partial charge in [-0.15, -0.1) is 0 Å². The van der Waals surface area contributed by atoms with Crippen LogP contribution in [0.5, 0.6) is 0 Å². The molecule has 0 bridgehead atoms. The Hall–Kier alpha value is -2.08. The molecule has 1 amide bonds. The second kappa shape index (κ2) is 7.87. The molecular formula is C17H12Cl3N3O2. The predicted octanol–water partition coefficient (Wildman–Crippen LogP) is 5.27. The van der Waals surface area contributed by atoms with E-state index in [2.05, 4.69) is 15.5 Å². The minimum absolute atomic E-state index is 0.160. The lowest BCUT2D eigenvalue weighted by molar-refractivity contribution is -0.116. The summed E-state index contributed by atoms with van der Waals surface area (Å²) in [5.74, 6) is 0.503. The van der Waals surface area contributed by atoms with Gasteiger partial charge in [-0.3, -0.25) is 4.79 Å². The number of anilines is 1. The summed E-state index contributed by atoms with van der Waals surface area (Å²) in [6.45, 7) is 0. The molecule has 128 valence electrons. The number of aromatic nitrogens is 2. The lowest BCUT2D eigenvalue weighted by Crippen LogP contribution is -2.12. The van der Waals surface area contributed by atoms with E-state index < -0.39 is 0 Å². The summed E-state index contributed by atoms with van der Waals surface area (Å²) < 4.78 is 5.17. The van der Waals surface area contributed by atoms with Crippen molar-refractivity contribution in [3.05, 3.63) is 63.4 Å². The van der Waals surface area contributed by atoms with Crippen LogP contribution in [0.3, 0.4) is 0 Å². The SMILES string of the molecule is O=C(CCc1nc(-c2ccccc2Cl)no1)Nc1cc(Cl)ccc1Cl. The third-order valence-corrected chi connectivity index (χ3v) is 4.25. The molecule has 3 rings (SSSR count). The predicted molar refractivity (Wildman–Crippen MR) is 98.2 cm³/mol. The van der Waals surface area contributed by atoms with Crippen LogP contribution in [-0.2, 0) is 11.2 Å². The summed E-state index contributed by atoms with van der Waals surface area (Å²) in [6, 6.07) is 12.0. The smallest absolute Gasteiger partial charge is 0.227 e. The Labute approximate surface area is 158 Å². The molecule has 0 aliphatic rings. The Kier molecular flexibility index (Phi) is 5.58. The number of carbonyl (C=O) groups excluding carboxylic acids is 1. The molecule has 0 saturated heterocycles. The van der Waals surface area contributed by atoms with Crippen LogP contribution in [0.4, 0.5) is 5.69 Å². The highest BCUT2D eigenvalue weighted by molar-refractivity contribution is 6.35. The molecule has 1 N–H and O–H groups in total. The highest BCUT2D eigenvalue weighted by Crippen LogP contribution is 2.26. The molecule has 2 aromatic carbocycles. The van der Waals surface area contributed by atoms with Gasteiger partial charge in [-0.05, 0) is 30.3 Å². The van der Waals surface area contributed by atoms with Crippen molar-refractivity contribution in [1.29, 1.82) is 0 Å². The Balaban J connectivity index is 1.61. The number of nitrogens with zero attached hydrogens (tertiary/aromatic N) is 2. The molecule has 0 aliphatic carbocycles. The molecule has 0 radical (unpaired) electrons. The first-order valence-corrected chi connectivity index (χ1v) is 8.48. The lowest BCUT2D eigenvalue weighted by Gasteiger charge is -2.06. The summed E-state index contributed by atoms with van der Waals surface area (Å²) in [5.41, 5.74) is 1.13. The van der Waals surface area contributed by atoms with Crippen molar-refractivity contribution in [2.24, 2.45) is 0 Å². The topological polar surface area (TPSA) is 68.0 Å². The first-order chi connectivity index (χ1) is 12.0.